The number of anilines is 3. The average Bonchev–Trinajstić information content (AvgIpc) is 3.48. The van der Waals surface area contributed by atoms with Gasteiger partial charge in [0, 0.05) is 38.4 Å². The average molecular weight is 374 g/mol. The molecule has 2 fully saturated rings. The molecule has 1 N–H and O–H groups in total. The van der Waals surface area contributed by atoms with Crippen LogP contribution in [0, 0.1) is 6.92 Å². The summed E-state index contributed by atoms with van der Waals surface area (Å²) in [6.45, 7) is 4.12. The standard InChI is InChI=1S/C17H22N6O2S/c1-13-19-16(21-15-4-2-3-7-18-15)12-17(20-13)22-8-10-23(11-9-22)26(24,25)14-5-6-14/h2-4,7,12,14H,5-6,8-11H2,1H3,(H,18,19,20,21). The molecule has 1 aliphatic heterocycles. The number of sulfonamides is 1. The van der Waals surface area contributed by atoms with Gasteiger partial charge in [-0.25, -0.2) is 23.4 Å². The number of hydrogen-bond acceptors (Lipinski definition) is 7. The van der Waals surface area contributed by atoms with Gasteiger partial charge in [0.15, 0.2) is 0 Å². The Morgan fingerprint density at radius 2 is 1.85 bits per heavy atom. The summed E-state index contributed by atoms with van der Waals surface area (Å²) >= 11 is 0. The Balaban J connectivity index is 1.46. The highest BCUT2D eigenvalue weighted by Gasteiger charge is 2.41. The second-order valence-electron chi connectivity index (χ2n) is 6.63. The van der Waals surface area contributed by atoms with Crippen LogP contribution in [0.5, 0.6) is 0 Å². The first kappa shape index (κ1) is 17.2. The van der Waals surface area contributed by atoms with E-state index in [0.29, 0.717) is 37.8 Å². The Kier molecular flexibility index (Phi) is 4.49. The third-order valence-corrected chi connectivity index (χ3v) is 7.01. The Bertz CT molecular complexity index is 877. The molecule has 9 heteroatoms. The van der Waals surface area contributed by atoms with Crippen LogP contribution in [-0.4, -0.2) is 59.1 Å². The van der Waals surface area contributed by atoms with Crippen molar-refractivity contribution >= 4 is 27.5 Å². The number of hydrogen-bond donors (Lipinski definition) is 1. The van der Waals surface area contributed by atoms with E-state index in [0.717, 1.165) is 24.5 Å². The molecule has 8 nitrogen and oxygen atoms in total. The fourth-order valence-electron chi connectivity index (χ4n) is 3.09. The van der Waals surface area contributed by atoms with Gasteiger partial charge in [-0.3, -0.25) is 0 Å². The van der Waals surface area contributed by atoms with Crippen molar-refractivity contribution in [3.05, 3.63) is 36.3 Å². The predicted molar refractivity (Wildman–Crippen MR) is 100 cm³/mol. The SMILES string of the molecule is Cc1nc(Nc2ccccn2)cc(N2CCN(S(=O)(=O)C3CC3)CC2)n1. The van der Waals surface area contributed by atoms with Crippen molar-refractivity contribution < 1.29 is 8.42 Å². The van der Waals surface area contributed by atoms with E-state index >= 15 is 0 Å². The van der Waals surface area contributed by atoms with Gasteiger partial charge in [-0.05, 0) is 31.9 Å². The summed E-state index contributed by atoms with van der Waals surface area (Å²) in [5, 5.41) is 3.04. The Labute approximate surface area is 153 Å². The van der Waals surface area contributed by atoms with Crippen molar-refractivity contribution in [1.82, 2.24) is 19.3 Å². The molecule has 0 amide bonds. The lowest BCUT2D eigenvalue weighted by molar-refractivity contribution is 0.383. The van der Waals surface area contributed by atoms with Gasteiger partial charge in [0.1, 0.15) is 23.3 Å². The molecule has 2 aliphatic rings. The van der Waals surface area contributed by atoms with Gasteiger partial charge < -0.3 is 10.2 Å². The van der Waals surface area contributed by atoms with Crippen molar-refractivity contribution in [2.75, 3.05) is 36.4 Å². The van der Waals surface area contributed by atoms with E-state index < -0.39 is 10.0 Å². The number of aromatic nitrogens is 3. The molecule has 0 unspecified atom stereocenters. The van der Waals surface area contributed by atoms with Gasteiger partial charge in [-0.1, -0.05) is 6.07 Å². The summed E-state index contributed by atoms with van der Waals surface area (Å²) in [5.74, 6) is 2.87. The van der Waals surface area contributed by atoms with Crippen LogP contribution in [0.4, 0.5) is 17.5 Å². The number of piperazine rings is 1. The summed E-state index contributed by atoms with van der Waals surface area (Å²) < 4.78 is 26.4. The molecule has 0 radical (unpaired) electrons. The fourth-order valence-corrected chi connectivity index (χ4v) is 4.92. The van der Waals surface area contributed by atoms with Crippen molar-refractivity contribution in [1.29, 1.82) is 0 Å². The summed E-state index contributed by atoms with van der Waals surface area (Å²) in [4.78, 5) is 15.3. The summed E-state index contributed by atoms with van der Waals surface area (Å²) in [6, 6.07) is 7.52. The van der Waals surface area contributed by atoms with Crippen LogP contribution in [0.15, 0.2) is 30.5 Å². The lowest BCUT2D eigenvalue weighted by Gasteiger charge is -2.34. The molecule has 3 heterocycles. The van der Waals surface area contributed by atoms with E-state index in [4.69, 9.17) is 0 Å². The molecule has 2 aromatic heterocycles. The highest BCUT2D eigenvalue weighted by molar-refractivity contribution is 7.90. The number of aryl methyl sites for hydroxylation is 1. The third kappa shape index (κ3) is 3.63. The number of nitrogens with zero attached hydrogens (tertiary/aromatic N) is 5. The van der Waals surface area contributed by atoms with E-state index in [1.54, 1.807) is 10.5 Å². The van der Waals surface area contributed by atoms with Gasteiger partial charge in [0.05, 0.1) is 5.25 Å². The van der Waals surface area contributed by atoms with Gasteiger partial charge in [0.25, 0.3) is 0 Å². The zero-order valence-electron chi connectivity index (χ0n) is 14.7. The molecule has 2 aromatic rings. The first-order valence-electron chi connectivity index (χ1n) is 8.80. The Hall–Kier alpha value is -2.26. The summed E-state index contributed by atoms with van der Waals surface area (Å²) in [6.07, 6.45) is 3.32. The van der Waals surface area contributed by atoms with E-state index in [-0.39, 0.29) is 5.25 Å². The molecule has 1 saturated heterocycles. The van der Waals surface area contributed by atoms with Gasteiger partial charge in [-0.15, -0.1) is 0 Å². The van der Waals surface area contributed by atoms with E-state index in [1.165, 1.54) is 0 Å². The molecular formula is C17H22N6O2S. The minimum absolute atomic E-state index is 0.149. The van der Waals surface area contributed by atoms with Crippen LogP contribution in [-0.2, 0) is 10.0 Å². The monoisotopic (exact) mass is 374 g/mol. The highest BCUT2D eigenvalue weighted by atomic mass is 32.2. The molecular weight excluding hydrogens is 352 g/mol. The van der Waals surface area contributed by atoms with Crippen LogP contribution in [0.3, 0.4) is 0 Å². The van der Waals surface area contributed by atoms with Crippen LogP contribution in [0.25, 0.3) is 0 Å². The quantitative estimate of drug-likeness (QED) is 0.849. The molecule has 0 spiro atoms. The molecule has 1 aliphatic carbocycles. The van der Waals surface area contributed by atoms with Crippen molar-refractivity contribution in [2.24, 2.45) is 0 Å². The molecule has 0 atom stereocenters. The van der Waals surface area contributed by atoms with Gasteiger partial charge in [-0.2, -0.15) is 4.31 Å². The maximum atomic E-state index is 12.4. The number of rotatable bonds is 5. The minimum Gasteiger partial charge on any atom is -0.354 e. The zero-order valence-corrected chi connectivity index (χ0v) is 15.5. The Morgan fingerprint density at radius 3 is 2.50 bits per heavy atom. The van der Waals surface area contributed by atoms with Gasteiger partial charge in [0.2, 0.25) is 10.0 Å². The van der Waals surface area contributed by atoms with E-state index in [2.05, 4.69) is 25.2 Å². The normalized spacial score (nSPS) is 18.7. The topological polar surface area (TPSA) is 91.3 Å². The second kappa shape index (κ2) is 6.81. The zero-order chi connectivity index (χ0) is 18.1. The molecule has 0 aromatic carbocycles. The van der Waals surface area contributed by atoms with Crippen LogP contribution in [0.1, 0.15) is 18.7 Å². The highest BCUT2D eigenvalue weighted by Crippen LogP contribution is 2.31. The lowest BCUT2D eigenvalue weighted by Crippen LogP contribution is -2.49. The molecule has 0 bridgehead atoms. The maximum Gasteiger partial charge on any atom is 0.217 e. The van der Waals surface area contributed by atoms with E-state index in [1.807, 2.05) is 31.2 Å². The third-order valence-electron chi connectivity index (χ3n) is 4.61. The van der Waals surface area contributed by atoms with Crippen molar-refractivity contribution in [2.45, 2.75) is 25.0 Å². The fraction of sp³-hybridized carbons (Fsp3) is 0.471. The van der Waals surface area contributed by atoms with Crippen molar-refractivity contribution in [3.63, 3.8) is 0 Å². The number of nitrogens with one attached hydrogen (secondary N) is 1. The van der Waals surface area contributed by atoms with Crippen molar-refractivity contribution in [3.8, 4) is 0 Å². The smallest absolute Gasteiger partial charge is 0.217 e. The molecule has 1 saturated carbocycles. The van der Waals surface area contributed by atoms with Crippen LogP contribution in [0.2, 0.25) is 0 Å². The predicted octanol–water partition coefficient (Wildman–Crippen LogP) is 1.54. The van der Waals surface area contributed by atoms with Crippen LogP contribution < -0.4 is 10.2 Å². The molecule has 26 heavy (non-hydrogen) atoms. The van der Waals surface area contributed by atoms with E-state index in [9.17, 15) is 8.42 Å². The lowest BCUT2D eigenvalue weighted by atomic mass is 10.3. The van der Waals surface area contributed by atoms with Crippen LogP contribution >= 0.6 is 0 Å². The summed E-state index contributed by atoms with van der Waals surface area (Å²) in [7, 11) is -3.10. The first-order chi connectivity index (χ1) is 12.5. The molecule has 4 rings (SSSR count). The summed E-state index contributed by atoms with van der Waals surface area (Å²) in [5.41, 5.74) is 0. The van der Waals surface area contributed by atoms with Gasteiger partial charge >= 0.3 is 0 Å². The Morgan fingerprint density at radius 1 is 1.08 bits per heavy atom. The largest absolute Gasteiger partial charge is 0.354 e. The first-order valence-corrected chi connectivity index (χ1v) is 10.3. The maximum absolute atomic E-state index is 12.4. The minimum atomic E-state index is -3.10. The number of pyridine rings is 1. The second-order valence-corrected chi connectivity index (χ2v) is 8.84. The molecule has 138 valence electrons.